The van der Waals surface area contributed by atoms with Crippen molar-refractivity contribution in [2.75, 3.05) is 24.7 Å². The topological polar surface area (TPSA) is 440 Å². The summed E-state index contributed by atoms with van der Waals surface area (Å²) in [6, 6.07) is 12.1. The number of imidazole rings is 1. The maximum absolute atomic E-state index is 13.9. The number of aromatic nitrogens is 2. The Bertz CT molecular complexity index is 3900. The molecule has 6 aromatic rings. The largest absolute Gasteiger partial charge is 1.00 e. The summed E-state index contributed by atoms with van der Waals surface area (Å²) in [7, 11) is -24.5. The van der Waals surface area contributed by atoms with Gasteiger partial charge in [-0.05, 0) is 105 Å². The number of ether oxygens (including phenoxy) is 2. The summed E-state index contributed by atoms with van der Waals surface area (Å²) >= 11 is 0. The predicted octanol–water partition coefficient (Wildman–Crippen LogP) is -9.69. The van der Waals surface area contributed by atoms with Gasteiger partial charge >= 0.3 is 148 Å². The van der Waals surface area contributed by atoms with E-state index < -0.39 is 88.4 Å². The molecule has 4 aromatic carbocycles. The number of azo groups is 3. The molecule has 0 saturated carbocycles. The maximum atomic E-state index is 13.9. The molecule has 27 nitrogen and oxygen atoms in total. The molecule has 0 amide bonds. The Hall–Kier alpha value is -1.93. The molecule has 0 unspecified atom stereocenters. The Balaban J connectivity index is 0.00000578. The van der Waals surface area contributed by atoms with Gasteiger partial charge < -0.3 is 37.2 Å². The number of hydrogen-bond donors (Lipinski definition) is 1. The van der Waals surface area contributed by atoms with Crippen LogP contribution in [0.1, 0.15) is 35.1 Å². The third kappa shape index (κ3) is 18.8. The first-order valence-corrected chi connectivity index (χ1v) is 27.1. The van der Waals surface area contributed by atoms with Gasteiger partial charge in [0.05, 0.1) is 71.3 Å². The molecule has 37 heteroatoms. The molecule has 376 valence electrons. The summed E-state index contributed by atoms with van der Waals surface area (Å²) in [5.74, 6) is -2.77. The van der Waals surface area contributed by atoms with Crippen molar-refractivity contribution in [3.05, 3.63) is 82.9 Å². The molecule has 0 atom stereocenters. The third-order valence-corrected chi connectivity index (χ3v) is 13.9. The average molecular weight is 1190 g/mol. The van der Waals surface area contributed by atoms with E-state index in [9.17, 15) is 75.2 Å². The van der Waals surface area contributed by atoms with Crippen LogP contribution in [0.4, 0.5) is 34.1 Å². The molecule has 0 aliphatic carbocycles. The van der Waals surface area contributed by atoms with Gasteiger partial charge in [-0.2, -0.15) is 23.9 Å². The molecule has 2 heterocycles. The van der Waals surface area contributed by atoms with Crippen molar-refractivity contribution in [3.63, 3.8) is 0 Å². The van der Waals surface area contributed by atoms with Gasteiger partial charge in [0.2, 0.25) is 0 Å². The Morgan fingerprint density at radius 2 is 1.04 bits per heavy atom. The van der Waals surface area contributed by atoms with Crippen LogP contribution in [-0.2, 0) is 50.6 Å². The second-order valence-corrected chi connectivity index (χ2v) is 22.1. The van der Waals surface area contributed by atoms with E-state index in [0.29, 0.717) is 11.6 Å². The molecule has 0 bridgehead atoms. The van der Waals surface area contributed by atoms with Crippen LogP contribution in [0.3, 0.4) is 0 Å². The minimum absolute atomic E-state index is 0. The van der Waals surface area contributed by atoms with Crippen LogP contribution < -0.4 is 162 Å². The number of nitriles is 1. The Kier molecular flexibility index (Phi) is 27.7. The first-order valence-electron chi connectivity index (χ1n) is 19.7. The van der Waals surface area contributed by atoms with E-state index in [0.717, 1.165) is 34.7 Å². The quantitative estimate of drug-likeness (QED) is 0.0340. The van der Waals surface area contributed by atoms with Crippen LogP contribution >= 0.6 is 0 Å². The molecular formula is C39H32N9Na5O18S5. The van der Waals surface area contributed by atoms with E-state index in [1.54, 1.807) is 0 Å². The minimum Gasteiger partial charge on any atom is -0.858 e. The van der Waals surface area contributed by atoms with Gasteiger partial charge in [0.1, 0.15) is 65.3 Å². The van der Waals surface area contributed by atoms with E-state index >= 15 is 0 Å². The average Bonchev–Trinajstić information content (AvgIpc) is 3.64. The number of aryl methyl sites for hydroxylation is 2. The molecule has 0 aliphatic rings. The number of hydrogen-bond acceptors (Lipinski definition) is 25. The van der Waals surface area contributed by atoms with Gasteiger partial charge in [-0.15, -0.1) is 20.5 Å². The first-order chi connectivity index (χ1) is 32.9. The van der Waals surface area contributed by atoms with E-state index in [4.69, 9.17) is 9.47 Å². The number of rotatable bonds is 19. The van der Waals surface area contributed by atoms with E-state index in [2.05, 4.69) is 35.7 Å². The van der Waals surface area contributed by atoms with Crippen molar-refractivity contribution in [3.8, 4) is 23.4 Å². The van der Waals surface area contributed by atoms with Gasteiger partial charge in [-0.25, -0.2) is 38.7 Å². The smallest absolute Gasteiger partial charge is 0.858 e. The molecule has 0 saturated heterocycles. The fourth-order valence-electron chi connectivity index (χ4n) is 6.41. The predicted molar refractivity (Wildman–Crippen MR) is 238 cm³/mol. The second-order valence-electron chi connectivity index (χ2n) is 14.9. The van der Waals surface area contributed by atoms with Crippen molar-refractivity contribution in [1.29, 1.82) is 5.26 Å². The molecule has 0 aliphatic heterocycles. The third-order valence-electron chi connectivity index (χ3n) is 9.82. The van der Waals surface area contributed by atoms with Gasteiger partial charge in [0.15, 0.2) is 5.65 Å². The van der Waals surface area contributed by atoms with Gasteiger partial charge in [0.25, 0.3) is 10.1 Å². The maximum Gasteiger partial charge on any atom is 1.00 e. The Morgan fingerprint density at radius 1 is 0.605 bits per heavy atom. The standard InChI is InChI=1S/C39H37N9O18S5.5Na/c1-21-14-31(34(65-10-4-12-67(50,51)52)18-28(21)43-42-27-8-6-25(70(59,60)61)17-36(27)71(62,63)64)45-44-29-19-35(66-11-5-13-68(53,54)55)32(15-22(29)2)46-47-37-23(3)26(20-40)38-41-30-16-24(69(56,57)58)7-9-33(30)48(38)39(37)49;;;;;/h6-9,14-19,49H,4-5,10-13H2,1-3H3,(H,50,51,52)(H,53,54,55)(H,56,57,58)(H,59,60,61)(H,62,63,64);;;;;/q;5*+1/p-5. The van der Waals surface area contributed by atoms with Crippen LogP contribution in [0.2, 0.25) is 0 Å². The van der Waals surface area contributed by atoms with Gasteiger partial charge in [0, 0.05) is 23.6 Å². The Morgan fingerprint density at radius 3 is 1.49 bits per heavy atom. The molecule has 0 spiro atoms. The van der Waals surface area contributed by atoms with Crippen molar-refractivity contribution < 1.29 is 227 Å². The number of pyridine rings is 1. The number of fused-ring (bicyclic) bond motifs is 3. The molecule has 2 aromatic heterocycles. The molecule has 6 rings (SSSR count). The summed E-state index contributed by atoms with van der Waals surface area (Å²) < 4.78 is 184. The normalized spacial score (nSPS) is 12.1. The van der Waals surface area contributed by atoms with E-state index in [-0.39, 0.29) is 247 Å². The van der Waals surface area contributed by atoms with Crippen LogP contribution in [0.5, 0.6) is 17.4 Å². The summed E-state index contributed by atoms with van der Waals surface area (Å²) in [4.78, 5) is 1.53. The second kappa shape index (κ2) is 29.2. The molecule has 0 fully saturated rings. The van der Waals surface area contributed by atoms with Gasteiger partial charge in [-0.3, -0.25) is 4.55 Å². The molecule has 0 radical (unpaired) electrons. The van der Waals surface area contributed by atoms with Crippen molar-refractivity contribution in [1.82, 2.24) is 9.38 Å². The summed E-state index contributed by atoms with van der Waals surface area (Å²) in [5.41, 5.74) is -0.895. The Labute approximate surface area is 545 Å². The number of benzene rings is 4. The zero-order valence-corrected chi connectivity index (χ0v) is 55.6. The van der Waals surface area contributed by atoms with Gasteiger partial charge in [-0.1, -0.05) is 0 Å². The van der Waals surface area contributed by atoms with Crippen LogP contribution in [0, 0.1) is 32.1 Å². The van der Waals surface area contributed by atoms with Crippen LogP contribution in [-0.4, -0.2) is 99.0 Å². The number of nitrogens with zero attached hydrogens (tertiary/aromatic N) is 9. The SMILES string of the molecule is Cc1cc(N=Nc2c(C)c(C#N)c3nc4cc(S(=O)(=O)[O-])ccc4n3c2[O-])c(OCCCS(=O)(=O)[O-])cc1N=Nc1cc(C)c(N=Nc2ccc(S(=O)(=O)[O-])cc2S(=O)(=O)O)cc1OCCCS(=O)(=O)[O-].[Na+].[Na+].[Na+].[Na+].[Na+]. The molecular weight excluding hydrogens is 1160 g/mol. The monoisotopic (exact) mass is 1190 g/mol. The fraction of sp³-hybridized carbons (Fsp3) is 0.231. The summed E-state index contributed by atoms with van der Waals surface area (Å²) in [6.07, 6.45) is -0.582. The van der Waals surface area contributed by atoms with Crippen molar-refractivity contribution in [2.45, 2.75) is 48.3 Å². The van der Waals surface area contributed by atoms with Crippen molar-refractivity contribution >= 4 is 101 Å². The van der Waals surface area contributed by atoms with Crippen LogP contribution in [0.15, 0.2) is 106 Å². The molecule has 76 heavy (non-hydrogen) atoms. The minimum atomic E-state index is -5.16. The summed E-state index contributed by atoms with van der Waals surface area (Å²) in [6.45, 7) is 3.64. The first kappa shape index (κ1) is 72.1. The van der Waals surface area contributed by atoms with E-state index in [1.807, 2.05) is 6.07 Å². The van der Waals surface area contributed by atoms with Crippen molar-refractivity contribution in [2.24, 2.45) is 30.7 Å². The van der Waals surface area contributed by atoms with E-state index in [1.165, 1.54) is 45.0 Å². The molecule has 1 N–H and O–H groups in total. The summed E-state index contributed by atoms with van der Waals surface area (Å²) in [5, 5.41) is 48.6. The fourth-order valence-corrected chi connectivity index (χ4v) is 9.07. The zero-order chi connectivity index (χ0) is 52.4. The zero-order valence-electron chi connectivity index (χ0n) is 41.5. The van der Waals surface area contributed by atoms with Crippen LogP contribution in [0.25, 0.3) is 16.7 Å².